The third kappa shape index (κ3) is 4.55. The van der Waals surface area contributed by atoms with Gasteiger partial charge in [0.1, 0.15) is 5.82 Å². The summed E-state index contributed by atoms with van der Waals surface area (Å²) >= 11 is 0. The van der Waals surface area contributed by atoms with Crippen molar-refractivity contribution in [2.24, 2.45) is 11.8 Å². The van der Waals surface area contributed by atoms with Crippen LogP contribution in [0.5, 0.6) is 0 Å². The Morgan fingerprint density at radius 3 is 2.50 bits per heavy atom. The van der Waals surface area contributed by atoms with Crippen LogP contribution in [0.25, 0.3) is 0 Å². The van der Waals surface area contributed by atoms with E-state index in [9.17, 15) is 19.1 Å². The topological polar surface area (TPSA) is 72.9 Å². The number of likely N-dealkylation sites (tertiary alicyclic amines) is 1. The van der Waals surface area contributed by atoms with Crippen LogP contribution >= 0.6 is 0 Å². The highest BCUT2D eigenvalue weighted by Crippen LogP contribution is 2.33. The molecule has 2 aliphatic heterocycles. The van der Waals surface area contributed by atoms with E-state index in [1.807, 2.05) is 4.90 Å². The smallest absolute Gasteiger partial charge is 0.407 e. The fourth-order valence-corrected chi connectivity index (χ4v) is 5.50. The zero-order valence-corrected chi connectivity index (χ0v) is 17.5. The first-order chi connectivity index (χ1) is 14.5. The number of rotatable bonds is 4. The van der Waals surface area contributed by atoms with E-state index in [2.05, 4.69) is 5.32 Å². The van der Waals surface area contributed by atoms with Crippen LogP contribution in [0, 0.1) is 17.7 Å². The molecule has 30 heavy (non-hydrogen) atoms. The maximum atomic E-state index is 14.9. The summed E-state index contributed by atoms with van der Waals surface area (Å²) in [5.41, 5.74) is 1.04. The van der Waals surface area contributed by atoms with Gasteiger partial charge in [-0.05, 0) is 69.1 Å². The van der Waals surface area contributed by atoms with Gasteiger partial charge in [-0.25, -0.2) is 9.18 Å². The van der Waals surface area contributed by atoms with Gasteiger partial charge in [-0.1, -0.05) is 12.8 Å². The van der Waals surface area contributed by atoms with Gasteiger partial charge in [0, 0.05) is 37.3 Å². The molecule has 2 atom stereocenters. The molecule has 164 valence electrons. The lowest BCUT2D eigenvalue weighted by Gasteiger charge is -2.43. The van der Waals surface area contributed by atoms with Crippen molar-refractivity contribution >= 4 is 23.4 Å². The van der Waals surface area contributed by atoms with Crippen LogP contribution in [0.3, 0.4) is 0 Å². The molecule has 1 aliphatic carbocycles. The molecule has 0 aromatic heterocycles. The first kappa shape index (κ1) is 20.9. The second-order valence-electron chi connectivity index (χ2n) is 9.02. The van der Waals surface area contributed by atoms with Crippen molar-refractivity contribution in [2.75, 3.05) is 29.9 Å². The van der Waals surface area contributed by atoms with Crippen molar-refractivity contribution in [3.63, 3.8) is 0 Å². The highest BCUT2D eigenvalue weighted by atomic mass is 19.1. The zero-order chi connectivity index (χ0) is 21.1. The second-order valence-corrected chi connectivity index (χ2v) is 9.02. The Hall–Kier alpha value is -2.31. The zero-order valence-electron chi connectivity index (χ0n) is 17.5. The molecular weight excluding hydrogens is 385 g/mol. The summed E-state index contributed by atoms with van der Waals surface area (Å²) in [5, 5.41) is 12.4. The maximum Gasteiger partial charge on any atom is 0.407 e. The molecule has 2 heterocycles. The van der Waals surface area contributed by atoms with Gasteiger partial charge in [-0.15, -0.1) is 0 Å². The molecule has 0 spiro atoms. The molecule has 1 aromatic carbocycles. The Balaban J connectivity index is 1.43. The van der Waals surface area contributed by atoms with Gasteiger partial charge in [0.15, 0.2) is 0 Å². The van der Waals surface area contributed by atoms with E-state index < -0.39 is 6.09 Å². The van der Waals surface area contributed by atoms with Crippen LogP contribution in [0.15, 0.2) is 18.2 Å². The van der Waals surface area contributed by atoms with E-state index >= 15 is 0 Å². The predicted molar refractivity (Wildman–Crippen MR) is 114 cm³/mol. The molecule has 3 fully saturated rings. The predicted octanol–water partition coefficient (Wildman–Crippen LogP) is 4.70. The standard InChI is InChI=1S/C23H32FN3O3/c24-19-14-18(25-22(28)16-6-1-2-7-16)10-11-21(19)26-12-5-8-17(15-26)20-9-3-4-13-27(20)23(29)30/h10-11,14,16-17,20H,1-9,12-13,15H2,(H,25,28)(H,29,30). The number of amides is 2. The van der Waals surface area contributed by atoms with Crippen LogP contribution in [-0.4, -0.2) is 47.7 Å². The quantitative estimate of drug-likeness (QED) is 0.745. The summed E-state index contributed by atoms with van der Waals surface area (Å²) in [5.74, 6) is -0.0816. The fraction of sp³-hybridized carbons (Fsp3) is 0.652. The lowest BCUT2D eigenvalue weighted by Crippen LogP contribution is -2.51. The van der Waals surface area contributed by atoms with E-state index in [1.54, 1.807) is 17.0 Å². The maximum absolute atomic E-state index is 14.9. The number of benzene rings is 1. The molecule has 4 rings (SSSR count). The van der Waals surface area contributed by atoms with Crippen molar-refractivity contribution in [1.29, 1.82) is 0 Å². The summed E-state index contributed by atoms with van der Waals surface area (Å²) in [6.07, 6.45) is 7.91. The van der Waals surface area contributed by atoms with Gasteiger partial charge >= 0.3 is 6.09 Å². The van der Waals surface area contributed by atoms with Gasteiger partial charge in [0.05, 0.1) is 5.69 Å². The van der Waals surface area contributed by atoms with Crippen molar-refractivity contribution in [3.05, 3.63) is 24.0 Å². The normalized spacial score (nSPS) is 25.4. The van der Waals surface area contributed by atoms with Crippen molar-refractivity contribution in [1.82, 2.24) is 4.90 Å². The summed E-state index contributed by atoms with van der Waals surface area (Å²) in [4.78, 5) is 27.6. The molecule has 2 unspecified atom stereocenters. The molecule has 2 amide bonds. The minimum absolute atomic E-state index is 0.0104. The Labute approximate surface area is 177 Å². The van der Waals surface area contributed by atoms with Gasteiger partial charge < -0.3 is 20.2 Å². The number of anilines is 2. The number of halogens is 1. The Morgan fingerprint density at radius 2 is 1.77 bits per heavy atom. The highest BCUT2D eigenvalue weighted by Gasteiger charge is 2.35. The number of nitrogens with zero attached hydrogens (tertiary/aromatic N) is 2. The summed E-state index contributed by atoms with van der Waals surface area (Å²) < 4.78 is 14.9. The summed E-state index contributed by atoms with van der Waals surface area (Å²) in [7, 11) is 0. The number of piperidine rings is 2. The molecule has 2 N–H and O–H groups in total. The van der Waals surface area contributed by atoms with E-state index in [0.29, 0.717) is 24.5 Å². The van der Waals surface area contributed by atoms with Crippen LogP contribution in [-0.2, 0) is 4.79 Å². The third-order valence-corrected chi connectivity index (χ3v) is 7.08. The number of hydrogen-bond acceptors (Lipinski definition) is 3. The second kappa shape index (κ2) is 9.23. The van der Waals surface area contributed by atoms with Crippen molar-refractivity contribution in [3.8, 4) is 0 Å². The Morgan fingerprint density at radius 1 is 1.00 bits per heavy atom. The first-order valence-corrected chi connectivity index (χ1v) is 11.4. The van der Waals surface area contributed by atoms with Gasteiger partial charge in [-0.2, -0.15) is 0 Å². The molecule has 1 saturated carbocycles. The third-order valence-electron chi connectivity index (χ3n) is 7.08. The van der Waals surface area contributed by atoms with Crippen LogP contribution < -0.4 is 10.2 Å². The summed E-state index contributed by atoms with van der Waals surface area (Å²) in [6, 6.07) is 4.96. The van der Waals surface area contributed by atoms with Gasteiger partial charge in [-0.3, -0.25) is 4.79 Å². The molecule has 6 nitrogen and oxygen atoms in total. The fourth-order valence-electron chi connectivity index (χ4n) is 5.50. The number of nitrogens with one attached hydrogen (secondary N) is 1. The Bertz CT molecular complexity index is 781. The molecule has 2 saturated heterocycles. The molecule has 1 aromatic rings. The number of carboxylic acid groups (broad SMARTS) is 1. The molecule has 3 aliphatic rings. The Kier molecular flexibility index (Phi) is 6.44. The highest BCUT2D eigenvalue weighted by molar-refractivity contribution is 5.92. The summed E-state index contributed by atoms with van der Waals surface area (Å²) in [6.45, 7) is 2.03. The van der Waals surface area contributed by atoms with Crippen molar-refractivity contribution < 1.29 is 19.1 Å². The molecule has 7 heteroatoms. The lowest BCUT2D eigenvalue weighted by atomic mass is 9.84. The van der Waals surface area contributed by atoms with Gasteiger partial charge in [0.25, 0.3) is 0 Å². The minimum Gasteiger partial charge on any atom is -0.465 e. The van der Waals surface area contributed by atoms with Gasteiger partial charge in [0.2, 0.25) is 5.91 Å². The monoisotopic (exact) mass is 417 g/mol. The largest absolute Gasteiger partial charge is 0.465 e. The molecule has 0 radical (unpaired) electrons. The minimum atomic E-state index is -0.842. The van der Waals surface area contributed by atoms with Crippen LogP contribution in [0.4, 0.5) is 20.6 Å². The number of hydrogen-bond donors (Lipinski definition) is 2. The lowest BCUT2D eigenvalue weighted by molar-refractivity contribution is -0.119. The van der Waals surface area contributed by atoms with E-state index in [4.69, 9.17) is 0 Å². The van der Waals surface area contributed by atoms with E-state index in [-0.39, 0.29) is 29.6 Å². The van der Waals surface area contributed by atoms with Crippen LogP contribution in [0.2, 0.25) is 0 Å². The number of carbonyl (C=O) groups excluding carboxylic acids is 1. The van der Waals surface area contributed by atoms with E-state index in [0.717, 1.165) is 64.3 Å². The van der Waals surface area contributed by atoms with Crippen LogP contribution in [0.1, 0.15) is 57.8 Å². The number of carbonyl (C=O) groups is 2. The first-order valence-electron chi connectivity index (χ1n) is 11.4. The molecule has 0 bridgehead atoms. The van der Waals surface area contributed by atoms with Crippen molar-refractivity contribution in [2.45, 2.75) is 63.8 Å². The average molecular weight is 418 g/mol. The average Bonchev–Trinajstić information content (AvgIpc) is 3.29. The molecular formula is C23H32FN3O3. The SMILES string of the molecule is O=C(Nc1ccc(N2CCCC(C3CCCCN3C(=O)O)C2)c(F)c1)C1CCCC1. The van der Waals surface area contributed by atoms with E-state index in [1.165, 1.54) is 6.07 Å².